The predicted molar refractivity (Wildman–Crippen MR) is 84.8 cm³/mol. The SMILES string of the molecule is O=C(OCC(=O)N1CCc2ccccc21)c1ccc(Br)s1. The topological polar surface area (TPSA) is 46.6 Å². The van der Waals surface area contributed by atoms with E-state index < -0.39 is 5.97 Å². The van der Waals surface area contributed by atoms with Gasteiger partial charge in [0.15, 0.2) is 6.61 Å². The average Bonchev–Trinajstić information content (AvgIpc) is 3.10. The minimum Gasteiger partial charge on any atom is -0.451 e. The molecule has 0 bridgehead atoms. The van der Waals surface area contributed by atoms with E-state index in [9.17, 15) is 9.59 Å². The van der Waals surface area contributed by atoms with Crippen molar-refractivity contribution in [3.63, 3.8) is 0 Å². The van der Waals surface area contributed by atoms with E-state index in [1.165, 1.54) is 11.3 Å². The van der Waals surface area contributed by atoms with Gasteiger partial charge in [-0.05, 0) is 46.1 Å². The summed E-state index contributed by atoms with van der Waals surface area (Å²) in [7, 11) is 0. The van der Waals surface area contributed by atoms with Crippen LogP contribution in [0.25, 0.3) is 0 Å². The molecule has 0 atom stereocenters. The molecule has 1 aromatic carbocycles. The average molecular weight is 366 g/mol. The summed E-state index contributed by atoms with van der Waals surface area (Å²) in [5.74, 6) is -0.657. The molecule has 1 aliphatic rings. The summed E-state index contributed by atoms with van der Waals surface area (Å²) in [5, 5.41) is 0. The number of hydrogen-bond donors (Lipinski definition) is 0. The summed E-state index contributed by atoms with van der Waals surface area (Å²) >= 11 is 4.57. The zero-order valence-corrected chi connectivity index (χ0v) is 13.4. The number of amides is 1. The molecule has 3 rings (SSSR count). The van der Waals surface area contributed by atoms with Gasteiger partial charge in [-0.2, -0.15) is 0 Å². The molecule has 0 radical (unpaired) electrons. The zero-order valence-electron chi connectivity index (χ0n) is 11.0. The van der Waals surface area contributed by atoms with Crippen molar-refractivity contribution in [2.75, 3.05) is 18.1 Å². The van der Waals surface area contributed by atoms with E-state index >= 15 is 0 Å². The first kappa shape index (κ1) is 14.3. The number of carbonyl (C=O) groups is 2. The molecule has 0 aliphatic carbocycles. The van der Waals surface area contributed by atoms with E-state index in [-0.39, 0.29) is 12.5 Å². The Morgan fingerprint density at radius 2 is 2.05 bits per heavy atom. The second-order valence-electron chi connectivity index (χ2n) is 4.60. The van der Waals surface area contributed by atoms with E-state index in [1.54, 1.807) is 17.0 Å². The van der Waals surface area contributed by atoms with Gasteiger partial charge in [0, 0.05) is 12.2 Å². The van der Waals surface area contributed by atoms with Crippen molar-refractivity contribution in [2.45, 2.75) is 6.42 Å². The number of para-hydroxylation sites is 1. The van der Waals surface area contributed by atoms with Crippen molar-refractivity contribution in [3.8, 4) is 0 Å². The fraction of sp³-hybridized carbons (Fsp3) is 0.200. The molecule has 0 spiro atoms. The van der Waals surface area contributed by atoms with Crippen molar-refractivity contribution >= 4 is 44.8 Å². The molecule has 0 N–H and O–H groups in total. The third kappa shape index (κ3) is 3.01. The van der Waals surface area contributed by atoms with Crippen LogP contribution in [0.15, 0.2) is 40.2 Å². The first-order valence-electron chi connectivity index (χ1n) is 6.46. The van der Waals surface area contributed by atoms with Gasteiger partial charge in [-0.15, -0.1) is 11.3 Å². The molecule has 1 aromatic heterocycles. The molecule has 2 aromatic rings. The fourth-order valence-corrected chi connectivity index (χ4v) is 3.58. The molecular formula is C15H12BrNO3S. The molecule has 1 aliphatic heterocycles. The maximum Gasteiger partial charge on any atom is 0.348 e. The van der Waals surface area contributed by atoms with Crippen LogP contribution in [0.4, 0.5) is 5.69 Å². The van der Waals surface area contributed by atoms with Crippen LogP contribution in [0.2, 0.25) is 0 Å². The highest BCUT2D eigenvalue weighted by Crippen LogP contribution is 2.27. The quantitative estimate of drug-likeness (QED) is 0.784. The first-order chi connectivity index (χ1) is 10.1. The van der Waals surface area contributed by atoms with Gasteiger partial charge in [-0.3, -0.25) is 4.79 Å². The number of ether oxygens (including phenoxy) is 1. The lowest BCUT2D eigenvalue weighted by atomic mass is 10.2. The van der Waals surface area contributed by atoms with Crippen LogP contribution >= 0.6 is 27.3 Å². The number of carbonyl (C=O) groups excluding carboxylic acids is 2. The number of nitrogens with zero attached hydrogens (tertiary/aromatic N) is 1. The van der Waals surface area contributed by atoms with Crippen molar-refractivity contribution in [2.24, 2.45) is 0 Å². The number of halogens is 1. The second-order valence-corrected chi connectivity index (χ2v) is 7.07. The Balaban J connectivity index is 1.62. The van der Waals surface area contributed by atoms with Crippen LogP contribution in [-0.4, -0.2) is 25.0 Å². The first-order valence-corrected chi connectivity index (χ1v) is 8.07. The van der Waals surface area contributed by atoms with E-state index in [4.69, 9.17) is 4.74 Å². The Hall–Kier alpha value is -1.66. The standard InChI is InChI=1S/C15H12BrNO3S/c16-13-6-5-12(21-13)15(19)20-9-14(18)17-8-7-10-3-1-2-4-11(10)17/h1-6H,7-9H2. The minimum absolute atomic E-state index is 0.191. The van der Waals surface area contributed by atoms with E-state index in [0.29, 0.717) is 11.4 Å². The van der Waals surface area contributed by atoms with E-state index in [0.717, 1.165) is 21.5 Å². The maximum atomic E-state index is 12.2. The molecule has 0 saturated carbocycles. The van der Waals surface area contributed by atoms with Crippen molar-refractivity contribution in [3.05, 3.63) is 50.6 Å². The summed E-state index contributed by atoms with van der Waals surface area (Å²) in [6, 6.07) is 11.2. The Kier molecular flexibility index (Phi) is 4.07. The lowest BCUT2D eigenvalue weighted by Gasteiger charge is -2.16. The number of rotatable bonds is 3. The van der Waals surface area contributed by atoms with Crippen LogP contribution in [0.5, 0.6) is 0 Å². The highest BCUT2D eigenvalue weighted by molar-refractivity contribution is 9.11. The van der Waals surface area contributed by atoms with Crippen LogP contribution < -0.4 is 4.90 Å². The van der Waals surface area contributed by atoms with Crippen molar-refractivity contribution in [1.82, 2.24) is 0 Å². The Labute approximate surface area is 134 Å². The van der Waals surface area contributed by atoms with Crippen LogP contribution in [0, 0.1) is 0 Å². The number of thiophene rings is 1. The third-order valence-electron chi connectivity index (χ3n) is 3.29. The van der Waals surface area contributed by atoms with Crippen LogP contribution in [0.3, 0.4) is 0 Å². The molecule has 108 valence electrons. The number of hydrogen-bond acceptors (Lipinski definition) is 4. The summed E-state index contributed by atoms with van der Waals surface area (Å²) in [6.07, 6.45) is 0.841. The van der Waals surface area contributed by atoms with Crippen LogP contribution in [0.1, 0.15) is 15.2 Å². The largest absolute Gasteiger partial charge is 0.451 e. The Bertz CT molecular complexity index is 698. The van der Waals surface area contributed by atoms with Crippen molar-refractivity contribution < 1.29 is 14.3 Å². The number of benzene rings is 1. The van der Waals surface area contributed by atoms with Crippen LogP contribution in [-0.2, 0) is 16.0 Å². The van der Waals surface area contributed by atoms with Gasteiger partial charge in [-0.1, -0.05) is 18.2 Å². The van der Waals surface area contributed by atoms with E-state index in [1.807, 2.05) is 24.3 Å². The lowest BCUT2D eigenvalue weighted by Crippen LogP contribution is -2.33. The highest BCUT2D eigenvalue weighted by atomic mass is 79.9. The normalized spacial score (nSPS) is 13.1. The summed E-state index contributed by atoms with van der Waals surface area (Å²) < 4.78 is 5.95. The van der Waals surface area contributed by atoms with Gasteiger partial charge in [-0.25, -0.2) is 4.79 Å². The lowest BCUT2D eigenvalue weighted by molar-refractivity contribution is -0.121. The monoisotopic (exact) mass is 365 g/mol. The summed E-state index contributed by atoms with van der Waals surface area (Å²) in [5.41, 5.74) is 2.07. The third-order valence-corrected chi connectivity index (χ3v) is 4.89. The molecule has 4 nitrogen and oxygen atoms in total. The summed E-state index contributed by atoms with van der Waals surface area (Å²) in [4.78, 5) is 26.2. The molecule has 2 heterocycles. The maximum absolute atomic E-state index is 12.2. The number of fused-ring (bicyclic) bond motifs is 1. The van der Waals surface area contributed by atoms with Gasteiger partial charge in [0.1, 0.15) is 4.88 Å². The smallest absolute Gasteiger partial charge is 0.348 e. The Morgan fingerprint density at radius 1 is 1.24 bits per heavy atom. The Morgan fingerprint density at radius 3 is 2.81 bits per heavy atom. The van der Waals surface area contributed by atoms with Gasteiger partial charge in [0.2, 0.25) is 0 Å². The van der Waals surface area contributed by atoms with Gasteiger partial charge in [0.25, 0.3) is 5.91 Å². The molecule has 1 amide bonds. The molecule has 0 saturated heterocycles. The second kappa shape index (κ2) is 5.99. The zero-order chi connectivity index (χ0) is 14.8. The fourth-order valence-electron chi connectivity index (χ4n) is 2.30. The highest BCUT2D eigenvalue weighted by Gasteiger charge is 2.25. The summed E-state index contributed by atoms with van der Waals surface area (Å²) in [6.45, 7) is 0.406. The molecule has 21 heavy (non-hydrogen) atoms. The minimum atomic E-state index is -0.466. The van der Waals surface area contributed by atoms with Gasteiger partial charge in [0.05, 0.1) is 3.79 Å². The van der Waals surface area contributed by atoms with Gasteiger partial charge < -0.3 is 9.64 Å². The molecule has 0 fully saturated rings. The number of anilines is 1. The molecule has 6 heteroatoms. The van der Waals surface area contributed by atoms with Gasteiger partial charge >= 0.3 is 5.97 Å². The number of esters is 1. The van der Waals surface area contributed by atoms with Crippen molar-refractivity contribution in [1.29, 1.82) is 0 Å². The molecular weight excluding hydrogens is 354 g/mol. The predicted octanol–water partition coefficient (Wildman–Crippen LogP) is 3.26. The van der Waals surface area contributed by atoms with E-state index in [2.05, 4.69) is 15.9 Å². The molecule has 0 unspecified atom stereocenters.